The van der Waals surface area contributed by atoms with E-state index < -0.39 is 12.0 Å². The van der Waals surface area contributed by atoms with Gasteiger partial charge in [0.1, 0.15) is 24.2 Å². The number of nitrogens with zero attached hydrogens (tertiary/aromatic N) is 5. The van der Waals surface area contributed by atoms with Crippen LogP contribution in [0.1, 0.15) is 48.2 Å². The van der Waals surface area contributed by atoms with Gasteiger partial charge in [-0.3, -0.25) is 9.88 Å². The molecule has 1 aliphatic rings. The zero-order valence-corrected chi connectivity index (χ0v) is 22.9. The van der Waals surface area contributed by atoms with Crippen LogP contribution in [-0.4, -0.2) is 74.7 Å². The Morgan fingerprint density at radius 1 is 1.08 bits per heavy atom. The molecule has 0 fully saturated rings. The third kappa shape index (κ3) is 9.17. The molecule has 1 aliphatic heterocycles. The van der Waals surface area contributed by atoms with Crippen LogP contribution in [0.4, 0.5) is 11.8 Å². The van der Waals surface area contributed by atoms with E-state index in [2.05, 4.69) is 42.6 Å². The van der Waals surface area contributed by atoms with E-state index in [0.717, 1.165) is 73.7 Å². The molecule has 3 aromatic rings. The number of nitrogens with one attached hydrogen (secondary N) is 2. The van der Waals surface area contributed by atoms with Crippen LogP contribution in [-0.2, 0) is 17.6 Å². The number of fused-ring (bicyclic) bond motifs is 1. The Kier molecular flexibility index (Phi) is 10.4. The number of carbonyl (C=O) groups is 1. The average molecular weight is 534 g/mol. The van der Waals surface area contributed by atoms with Gasteiger partial charge in [-0.25, -0.2) is 19.7 Å². The molecular formula is C29H39N7O3. The summed E-state index contributed by atoms with van der Waals surface area (Å²) in [5, 5.41) is 16.2. The number of rotatable bonds is 15. The zero-order valence-electron chi connectivity index (χ0n) is 22.9. The van der Waals surface area contributed by atoms with Crippen molar-refractivity contribution in [3.63, 3.8) is 0 Å². The summed E-state index contributed by atoms with van der Waals surface area (Å²) in [5.41, 5.74) is 4.28. The molecule has 10 nitrogen and oxygen atoms in total. The molecule has 3 aromatic heterocycles. The maximum absolute atomic E-state index is 11.9. The molecule has 0 bridgehead atoms. The van der Waals surface area contributed by atoms with Gasteiger partial charge in [0.25, 0.3) is 0 Å². The minimum atomic E-state index is -0.923. The van der Waals surface area contributed by atoms with E-state index in [1.807, 2.05) is 26.0 Å². The van der Waals surface area contributed by atoms with Gasteiger partial charge >= 0.3 is 5.97 Å². The Balaban J connectivity index is 1.29. The highest BCUT2D eigenvalue weighted by molar-refractivity contribution is 5.76. The number of aliphatic carboxylic acids is 1. The van der Waals surface area contributed by atoms with E-state index >= 15 is 0 Å². The third-order valence-electron chi connectivity index (χ3n) is 6.79. The fourth-order valence-corrected chi connectivity index (χ4v) is 4.51. The van der Waals surface area contributed by atoms with Crippen LogP contribution in [0, 0.1) is 13.8 Å². The van der Waals surface area contributed by atoms with Crippen LogP contribution in [0.5, 0.6) is 5.75 Å². The lowest BCUT2D eigenvalue weighted by Gasteiger charge is -2.24. The molecule has 39 heavy (non-hydrogen) atoms. The van der Waals surface area contributed by atoms with Crippen molar-refractivity contribution in [3.05, 3.63) is 65.4 Å². The van der Waals surface area contributed by atoms with Gasteiger partial charge in [-0.05, 0) is 88.2 Å². The van der Waals surface area contributed by atoms with Crippen molar-refractivity contribution in [1.29, 1.82) is 0 Å². The van der Waals surface area contributed by atoms with Gasteiger partial charge in [0, 0.05) is 43.4 Å². The van der Waals surface area contributed by atoms with Crippen LogP contribution >= 0.6 is 0 Å². The summed E-state index contributed by atoms with van der Waals surface area (Å²) in [6.07, 6.45) is 10.6. The largest absolute Gasteiger partial charge is 0.491 e. The number of carboxylic acid groups (broad SMARTS) is 1. The number of unbranched alkanes of at least 4 members (excludes halogenated alkanes) is 1. The quantitative estimate of drug-likeness (QED) is 0.248. The normalized spacial score (nSPS) is 13.4. The van der Waals surface area contributed by atoms with Crippen LogP contribution in [0.15, 0.2) is 42.9 Å². The van der Waals surface area contributed by atoms with Gasteiger partial charge in [0.15, 0.2) is 0 Å². The molecule has 0 radical (unpaired) electrons. The molecule has 4 rings (SSSR count). The fraction of sp³-hybridized carbons (Fsp3) is 0.483. The van der Waals surface area contributed by atoms with E-state index in [1.54, 1.807) is 18.6 Å². The molecule has 1 atom stereocenters. The first kappa shape index (κ1) is 28.2. The Bertz CT molecular complexity index is 1190. The van der Waals surface area contributed by atoms with Crippen LogP contribution < -0.4 is 15.4 Å². The number of aryl methyl sites for hydroxylation is 4. The van der Waals surface area contributed by atoms with Crippen LogP contribution in [0.3, 0.4) is 0 Å². The molecule has 10 heteroatoms. The molecule has 3 N–H and O–H groups in total. The third-order valence-corrected chi connectivity index (χ3v) is 6.79. The van der Waals surface area contributed by atoms with Crippen LogP contribution in [0.25, 0.3) is 0 Å². The lowest BCUT2D eigenvalue weighted by Crippen LogP contribution is -2.37. The number of anilines is 2. The fourth-order valence-electron chi connectivity index (χ4n) is 4.51. The van der Waals surface area contributed by atoms with E-state index in [9.17, 15) is 9.90 Å². The summed E-state index contributed by atoms with van der Waals surface area (Å²) >= 11 is 0. The Morgan fingerprint density at radius 2 is 1.92 bits per heavy atom. The van der Waals surface area contributed by atoms with Gasteiger partial charge in [-0.1, -0.05) is 6.07 Å². The molecule has 0 amide bonds. The molecule has 208 valence electrons. The van der Waals surface area contributed by atoms with E-state index in [-0.39, 0.29) is 0 Å². The number of pyridine rings is 2. The minimum Gasteiger partial charge on any atom is -0.491 e. The first-order valence-electron chi connectivity index (χ1n) is 13.7. The summed E-state index contributed by atoms with van der Waals surface area (Å²) in [6.45, 7) is 7.44. The second-order valence-corrected chi connectivity index (χ2v) is 10.0. The van der Waals surface area contributed by atoms with Crippen molar-refractivity contribution >= 4 is 17.7 Å². The first-order chi connectivity index (χ1) is 19.0. The Labute approximate surface area is 230 Å². The topological polar surface area (TPSA) is 125 Å². The van der Waals surface area contributed by atoms with E-state index in [1.165, 1.54) is 5.56 Å². The van der Waals surface area contributed by atoms with Gasteiger partial charge in [-0.15, -0.1) is 0 Å². The van der Waals surface area contributed by atoms with Crippen molar-refractivity contribution in [1.82, 2.24) is 24.8 Å². The molecule has 0 spiro atoms. The predicted octanol–water partition coefficient (Wildman–Crippen LogP) is 3.90. The highest BCUT2D eigenvalue weighted by atomic mass is 16.5. The maximum atomic E-state index is 11.9. The molecule has 0 saturated carbocycles. The molecule has 4 heterocycles. The Hall–Kier alpha value is -3.79. The number of carboxylic acids is 1. The maximum Gasteiger partial charge on any atom is 0.326 e. The molecular weight excluding hydrogens is 494 g/mol. The van der Waals surface area contributed by atoms with Gasteiger partial charge in [0.2, 0.25) is 5.95 Å². The summed E-state index contributed by atoms with van der Waals surface area (Å²) in [4.78, 5) is 31.7. The van der Waals surface area contributed by atoms with Gasteiger partial charge in [-0.2, -0.15) is 0 Å². The summed E-state index contributed by atoms with van der Waals surface area (Å²) < 4.78 is 5.91. The monoisotopic (exact) mass is 533 g/mol. The summed E-state index contributed by atoms with van der Waals surface area (Å²) in [6, 6.07) is 7.39. The second-order valence-electron chi connectivity index (χ2n) is 10.0. The Morgan fingerprint density at radius 3 is 2.69 bits per heavy atom. The predicted molar refractivity (Wildman–Crippen MR) is 151 cm³/mol. The SMILES string of the molecule is Cc1cnc(N[C@@H](CCN(CCCCc2ccc3c(n2)NCCC3)CCOc2ccc(C)nc2)C(=O)O)nc1. The standard InChI is InChI=1S/C29H39N7O3/c1-21-18-32-29(33-19-21)35-26(28(37)38)12-15-36(16-17-39-25-11-8-22(2)31-20-25)14-4-3-7-24-10-9-23-6-5-13-30-27(23)34-24/h8-11,18-20,26H,3-7,12-17H2,1-2H3,(H,30,34)(H,37,38)(H,32,33,35)/t26-/m0/s1. The van der Waals surface area contributed by atoms with Gasteiger partial charge in [0.05, 0.1) is 6.20 Å². The number of ether oxygens (including phenoxy) is 1. The highest BCUT2D eigenvalue weighted by Gasteiger charge is 2.20. The lowest BCUT2D eigenvalue weighted by molar-refractivity contribution is -0.138. The van der Waals surface area contributed by atoms with Crippen molar-refractivity contribution in [2.75, 3.05) is 43.4 Å². The molecule has 0 aliphatic carbocycles. The highest BCUT2D eigenvalue weighted by Crippen LogP contribution is 2.20. The van der Waals surface area contributed by atoms with Crippen molar-refractivity contribution in [3.8, 4) is 5.75 Å². The smallest absolute Gasteiger partial charge is 0.326 e. The molecule has 0 aromatic carbocycles. The number of hydrogen-bond acceptors (Lipinski definition) is 9. The van der Waals surface area contributed by atoms with Crippen LogP contribution in [0.2, 0.25) is 0 Å². The zero-order chi connectivity index (χ0) is 27.5. The average Bonchev–Trinajstić information content (AvgIpc) is 2.94. The summed E-state index contributed by atoms with van der Waals surface area (Å²) in [5.74, 6) is 1.16. The lowest BCUT2D eigenvalue weighted by atomic mass is 10.1. The van der Waals surface area contributed by atoms with E-state index in [4.69, 9.17) is 9.72 Å². The summed E-state index contributed by atoms with van der Waals surface area (Å²) in [7, 11) is 0. The van der Waals surface area contributed by atoms with Crippen molar-refractivity contribution in [2.45, 2.75) is 58.4 Å². The molecule has 0 saturated heterocycles. The van der Waals surface area contributed by atoms with Crippen molar-refractivity contribution in [2.24, 2.45) is 0 Å². The number of aromatic nitrogens is 4. The minimum absolute atomic E-state index is 0.321. The van der Waals surface area contributed by atoms with E-state index in [0.29, 0.717) is 32.1 Å². The molecule has 0 unspecified atom stereocenters. The van der Waals surface area contributed by atoms with Crippen molar-refractivity contribution < 1.29 is 14.6 Å². The number of hydrogen-bond donors (Lipinski definition) is 3. The van der Waals surface area contributed by atoms with Gasteiger partial charge < -0.3 is 20.5 Å². The second kappa shape index (κ2) is 14.4. The first-order valence-corrected chi connectivity index (χ1v) is 13.7.